The molecule has 0 unspecified atom stereocenters. The smallest absolute Gasteiger partial charge is 0.228 e. The number of rotatable bonds is 3. The van der Waals surface area contributed by atoms with E-state index in [0.29, 0.717) is 35.0 Å². The number of aromatic nitrogens is 4. The van der Waals surface area contributed by atoms with Gasteiger partial charge < -0.3 is 9.84 Å². The Bertz CT molecular complexity index is 1560. The molecule has 1 aliphatic carbocycles. The number of hydrogen-bond donors (Lipinski definition) is 1. The molecule has 0 radical (unpaired) electrons. The molecule has 1 amide bonds. The number of hydrogen-bond acceptors (Lipinski definition) is 7. The molecule has 4 aromatic rings. The highest BCUT2D eigenvalue weighted by Crippen LogP contribution is 2.46. The molecule has 1 aromatic carbocycles. The number of carbonyl (C=O) groups is 1. The van der Waals surface area contributed by atoms with Gasteiger partial charge in [0.1, 0.15) is 27.7 Å². The molecule has 8 nitrogen and oxygen atoms in total. The van der Waals surface area contributed by atoms with Crippen LogP contribution in [0.25, 0.3) is 5.00 Å². The standard InChI is InChI=1S/C26H25ClN6O2S/c1-12-21(13(2)35-32-12)28-23(34)15-10-17-19(11-15)36-24-20(17)22(16-8-6-7-9-18(16)27)29-26(4,5)25-31-30-14(3)33(24)25/h6-9,15H,10-11H2,1-5H3,(H,28,34)/t15-/m0/s1. The van der Waals surface area contributed by atoms with Crippen LogP contribution in [-0.2, 0) is 23.2 Å². The molecule has 0 bridgehead atoms. The summed E-state index contributed by atoms with van der Waals surface area (Å²) in [7, 11) is 0. The summed E-state index contributed by atoms with van der Waals surface area (Å²) >= 11 is 8.39. The average molecular weight is 521 g/mol. The van der Waals surface area contributed by atoms with Crippen molar-refractivity contribution in [3.05, 3.63) is 74.0 Å². The number of halogens is 1. The molecule has 6 rings (SSSR count). The van der Waals surface area contributed by atoms with Crippen LogP contribution in [0.2, 0.25) is 5.02 Å². The second-order valence-corrected chi connectivity index (χ2v) is 11.4. The highest BCUT2D eigenvalue weighted by molar-refractivity contribution is 7.15. The molecular formula is C26H25ClN6O2S. The third kappa shape index (κ3) is 3.44. The second kappa shape index (κ2) is 8.11. The predicted molar refractivity (Wildman–Crippen MR) is 140 cm³/mol. The van der Waals surface area contributed by atoms with E-state index < -0.39 is 5.54 Å². The lowest BCUT2D eigenvalue weighted by Gasteiger charge is -2.19. The number of thiophene rings is 1. The molecule has 3 aromatic heterocycles. The van der Waals surface area contributed by atoms with Gasteiger partial charge in [-0.15, -0.1) is 21.5 Å². The van der Waals surface area contributed by atoms with Crippen LogP contribution in [0.4, 0.5) is 5.69 Å². The van der Waals surface area contributed by atoms with E-state index in [2.05, 4.69) is 25.2 Å². The number of benzene rings is 1. The minimum absolute atomic E-state index is 0.0344. The predicted octanol–water partition coefficient (Wildman–Crippen LogP) is 5.34. The van der Waals surface area contributed by atoms with E-state index in [0.717, 1.165) is 39.1 Å². The van der Waals surface area contributed by atoms with Crippen LogP contribution in [0.3, 0.4) is 0 Å². The van der Waals surface area contributed by atoms with Crippen molar-refractivity contribution in [3.8, 4) is 5.00 Å². The van der Waals surface area contributed by atoms with Crippen molar-refractivity contribution in [2.24, 2.45) is 10.9 Å². The van der Waals surface area contributed by atoms with Crippen LogP contribution in [0.1, 0.15) is 58.5 Å². The Morgan fingerprint density at radius 3 is 2.69 bits per heavy atom. The maximum absolute atomic E-state index is 13.3. The van der Waals surface area contributed by atoms with Gasteiger partial charge in [-0.05, 0) is 59.1 Å². The zero-order valence-corrected chi connectivity index (χ0v) is 22.2. The van der Waals surface area contributed by atoms with Crippen LogP contribution in [0.5, 0.6) is 0 Å². The Balaban J connectivity index is 1.48. The van der Waals surface area contributed by atoms with Gasteiger partial charge in [-0.1, -0.05) is 35.0 Å². The summed E-state index contributed by atoms with van der Waals surface area (Å²) in [5.74, 6) is 1.97. The molecule has 1 N–H and O–H groups in total. The zero-order chi connectivity index (χ0) is 25.4. The number of amides is 1. The minimum atomic E-state index is -0.625. The molecule has 0 saturated carbocycles. The number of nitrogens with zero attached hydrogens (tertiary/aromatic N) is 5. The van der Waals surface area contributed by atoms with E-state index in [1.54, 1.807) is 18.3 Å². The summed E-state index contributed by atoms with van der Waals surface area (Å²) < 4.78 is 7.33. The van der Waals surface area contributed by atoms with Crippen molar-refractivity contribution in [2.45, 2.75) is 53.0 Å². The maximum Gasteiger partial charge on any atom is 0.228 e. The first-order chi connectivity index (χ1) is 17.2. The molecule has 1 atom stereocenters. The molecule has 10 heteroatoms. The van der Waals surface area contributed by atoms with Crippen molar-refractivity contribution < 1.29 is 9.32 Å². The highest BCUT2D eigenvalue weighted by atomic mass is 35.5. The summed E-state index contributed by atoms with van der Waals surface area (Å²) in [5.41, 5.74) is 4.56. The molecule has 184 valence electrons. The zero-order valence-electron chi connectivity index (χ0n) is 20.6. The third-order valence-electron chi connectivity index (χ3n) is 6.94. The van der Waals surface area contributed by atoms with E-state index in [-0.39, 0.29) is 11.8 Å². The maximum atomic E-state index is 13.3. The molecule has 4 heterocycles. The van der Waals surface area contributed by atoms with E-state index >= 15 is 0 Å². The Kier molecular flexibility index (Phi) is 5.21. The fourth-order valence-electron chi connectivity index (χ4n) is 5.13. The Morgan fingerprint density at radius 1 is 1.19 bits per heavy atom. The summed E-state index contributed by atoms with van der Waals surface area (Å²) in [6.45, 7) is 9.67. The normalized spacial score (nSPS) is 17.7. The Labute approximate surface area is 217 Å². The first kappa shape index (κ1) is 23.1. The van der Waals surface area contributed by atoms with Gasteiger partial charge >= 0.3 is 0 Å². The van der Waals surface area contributed by atoms with Crippen molar-refractivity contribution in [3.63, 3.8) is 0 Å². The SMILES string of the molecule is Cc1noc(C)c1NC(=O)[C@@H]1Cc2sc3c(c2C1)C(c1ccccc1Cl)=NC(C)(C)c1nnc(C)n1-3. The molecule has 1 aliphatic heterocycles. The topological polar surface area (TPSA) is 98.2 Å². The van der Waals surface area contributed by atoms with Gasteiger partial charge in [0, 0.05) is 26.9 Å². The lowest BCUT2D eigenvalue weighted by atomic mass is 9.96. The van der Waals surface area contributed by atoms with Gasteiger partial charge in [-0.2, -0.15) is 0 Å². The average Bonchev–Trinajstić information content (AvgIpc) is 3.56. The quantitative estimate of drug-likeness (QED) is 0.393. The number of anilines is 1. The highest BCUT2D eigenvalue weighted by Gasteiger charge is 2.40. The molecule has 0 saturated heterocycles. The molecule has 2 aliphatic rings. The van der Waals surface area contributed by atoms with Crippen molar-refractivity contribution in [2.75, 3.05) is 5.32 Å². The number of carbonyl (C=O) groups excluding carboxylic acids is 1. The van der Waals surface area contributed by atoms with Gasteiger partial charge in [0.05, 0.1) is 5.71 Å². The van der Waals surface area contributed by atoms with Crippen LogP contribution < -0.4 is 5.32 Å². The fraction of sp³-hybridized carbons (Fsp3) is 0.346. The van der Waals surface area contributed by atoms with Crippen LogP contribution in [0.15, 0.2) is 33.8 Å². The number of aliphatic imine (C=N–C) groups is 1. The number of nitrogens with one attached hydrogen (secondary N) is 1. The monoisotopic (exact) mass is 520 g/mol. The molecule has 0 spiro atoms. The number of fused-ring (bicyclic) bond motifs is 5. The minimum Gasteiger partial charge on any atom is -0.359 e. The summed E-state index contributed by atoms with van der Waals surface area (Å²) in [4.78, 5) is 19.7. The lowest BCUT2D eigenvalue weighted by molar-refractivity contribution is -0.119. The largest absolute Gasteiger partial charge is 0.359 e. The van der Waals surface area contributed by atoms with E-state index in [4.69, 9.17) is 21.1 Å². The number of aryl methyl sites for hydroxylation is 3. The van der Waals surface area contributed by atoms with E-state index in [1.807, 2.05) is 52.0 Å². The van der Waals surface area contributed by atoms with Gasteiger partial charge in [0.25, 0.3) is 0 Å². The Hall–Kier alpha value is -3.30. The van der Waals surface area contributed by atoms with Gasteiger partial charge in [0.15, 0.2) is 11.6 Å². The van der Waals surface area contributed by atoms with E-state index in [9.17, 15) is 4.79 Å². The third-order valence-corrected chi connectivity index (χ3v) is 8.51. The van der Waals surface area contributed by atoms with Crippen molar-refractivity contribution >= 4 is 40.2 Å². The van der Waals surface area contributed by atoms with Gasteiger partial charge in [-0.3, -0.25) is 14.4 Å². The van der Waals surface area contributed by atoms with Crippen LogP contribution in [0, 0.1) is 26.7 Å². The van der Waals surface area contributed by atoms with Crippen LogP contribution >= 0.6 is 22.9 Å². The molecule has 0 fully saturated rings. The Morgan fingerprint density at radius 2 is 1.97 bits per heavy atom. The fourth-order valence-corrected chi connectivity index (χ4v) is 6.81. The molecular weight excluding hydrogens is 496 g/mol. The lowest BCUT2D eigenvalue weighted by Crippen LogP contribution is -2.24. The first-order valence-corrected chi connectivity index (χ1v) is 13.0. The van der Waals surface area contributed by atoms with Crippen molar-refractivity contribution in [1.29, 1.82) is 0 Å². The second-order valence-electron chi connectivity index (χ2n) is 9.88. The van der Waals surface area contributed by atoms with Gasteiger partial charge in [-0.25, -0.2) is 0 Å². The van der Waals surface area contributed by atoms with Crippen LogP contribution in [-0.4, -0.2) is 31.5 Å². The summed E-state index contributed by atoms with van der Waals surface area (Å²) in [6.07, 6.45) is 1.26. The van der Waals surface area contributed by atoms with E-state index in [1.165, 1.54) is 4.88 Å². The summed E-state index contributed by atoms with van der Waals surface area (Å²) in [5, 5.41) is 17.5. The first-order valence-electron chi connectivity index (χ1n) is 11.8. The summed E-state index contributed by atoms with van der Waals surface area (Å²) in [6, 6.07) is 7.77. The van der Waals surface area contributed by atoms with Gasteiger partial charge in [0.2, 0.25) is 5.91 Å². The molecule has 36 heavy (non-hydrogen) atoms. The van der Waals surface area contributed by atoms with Crippen molar-refractivity contribution in [1.82, 2.24) is 19.9 Å².